The van der Waals surface area contributed by atoms with Gasteiger partial charge in [0.25, 0.3) is 0 Å². The van der Waals surface area contributed by atoms with Gasteiger partial charge in [0.2, 0.25) is 11.1 Å². The molecular weight excluding hydrogens is 208 g/mol. The van der Waals surface area contributed by atoms with E-state index < -0.39 is 0 Å². The molecule has 0 atom stereocenters. The highest BCUT2D eigenvalue weighted by molar-refractivity contribution is 7.09. The van der Waals surface area contributed by atoms with Gasteiger partial charge in [0.05, 0.1) is 0 Å². The number of hydrogen-bond acceptors (Lipinski definition) is 5. The number of aromatic nitrogens is 2. The van der Waals surface area contributed by atoms with E-state index in [2.05, 4.69) is 46.9 Å². The largest absolute Gasteiger partial charge is 0.347 e. The van der Waals surface area contributed by atoms with Gasteiger partial charge >= 0.3 is 0 Å². The zero-order valence-electron chi connectivity index (χ0n) is 10.0. The van der Waals surface area contributed by atoms with Gasteiger partial charge in [-0.15, -0.1) is 0 Å². The molecule has 1 heterocycles. The molecule has 0 aliphatic carbocycles. The molecule has 0 spiro atoms. The number of anilines is 2. The van der Waals surface area contributed by atoms with Crippen molar-refractivity contribution in [2.75, 3.05) is 36.0 Å². The van der Waals surface area contributed by atoms with Crippen molar-refractivity contribution in [2.24, 2.45) is 0 Å². The van der Waals surface area contributed by atoms with Gasteiger partial charge in [0.1, 0.15) is 0 Å². The van der Waals surface area contributed by atoms with E-state index in [-0.39, 0.29) is 0 Å². The van der Waals surface area contributed by atoms with Gasteiger partial charge in [0, 0.05) is 37.7 Å². The molecule has 1 aromatic heterocycles. The minimum atomic E-state index is 0.868. The third-order valence-corrected chi connectivity index (χ3v) is 3.25. The van der Waals surface area contributed by atoms with Crippen LogP contribution >= 0.6 is 11.5 Å². The Kier molecular flexibility index (Phi) is 4.81. The van der Waals surface area contributed by atoms with Crippen LogP contribution in [0.5, 0.6) is 0 Å². The monoisotopic (exact) mass is 228 g/mol. The van der Waals surface area contributed by atoms with Crippen LogP contribution in [-0.4, -0.2) is 35.5 Å². The fourth-order valence-corrected chi connectivity index (χ4v) is 2.28. The maximum atomic E-state index is 4.55. The molecular formula is C10H20N4S. The van der Waals surface area contributed by atoms with Crippen molar-refractivity contribution >= 4 is 22.6 Å². The SMILES string of the molecule is CCN(CC)c1nsc(N(CC)CC)n1. The lowest BCUT2D eigenvalue weighted by molar-refractivity contribution is 0.821. The van der Waals surface area contributed by atoms with Crippen molar-refractivity contribution in [3.8, 4) is 0 Å². The first-order chi connectivity index (χ1) is 7.26. The Bertz CT molecular complexity index is 252. The Balaban J connectivity index is 2.78. The average Bonchev–Trinajstić information content (AvgIpc) is 2.71. The fraction of sp³-hybridized carbons (Fsp3) is 0.800. The summed E-state index contributed by atoms with van der Waals surface area (Å²) in [7, 11) is 0. The van der Waals surface area contributed by atoms with Gasteiger partial charge in [-0.3, -0.25) is 0 Å². The molecule has 0 unspecified atom stereocenters. The van der Waals surface area contributed by atoms with E-state index in [9.17, 15) is 0 Å². The highest BCUT2D eigenvalue weighted by Gasteiger charge is 2.12. The lowest BCUT2D eigenvalue weighted by Crippen LogP contribution is -2.24. The predicted octanol–water partition coefficient (Wildman–Crippen LogP) is 2.23. The molecule has 0 aromatic carbocycles. The summed E-state index contributed by atoms with van der Waals surface area (Å²) in [5.41, 5.74) is 0. The average molecular weight is 228 g/mol. The van der Waals surface area contributed by atoms with Crippen LogP contribution in [0.1, 0.15) is 27.7 Å². The van der Waals surface area contributed by atoms with E-state index in [0.29, 0.717) is 0 Å². The van der Waals surface area contributed by atoms with Crippen LogP contribution in [0, 0.1) is 0 Å². The van der Waals surface area contributed by atoms with E-state index in [1.165, 1.54) is 11.5 Å². The van der Waals surface area contributed by atoms with Crippen molar-refractivity contribution in [2.45, 2.75) is 27.7 Å². The van der Waals surface area contributed by atoms with E-state index in [4.69, 9.17) is 0 Å². The molecule has 0 aliphatic rings. The van der Waals surface area contributed by atoms with Gasteiger partial charge in [-0.1, -0.05) is 0 Å². The molecule has 4 nitrogen and oxygen atoms in total. The Hall–Kier alpha value is -0.840. The summed E-state index contributed by atoms with van der Waals surface area (Å²) in [6.07, 6.45) is 0. The van der Waals surface area contributed by atoms with Crippen molar-refractivity contribution in [1.29, 1.82) is 0 Å². The molecule has 0 N–H and O–H groups in total. The third kappa shape index (κ3) is 2.81. The van der Waals surface area contributed by atoms with Crippen LogP contribution in [0.3, 0.4) is 0 Å². The molecule has 0 saturated carbocycles. The highest BCUT2D eigenvalue weighted by atomic mass is 32.1. The lowest BCUT2D eigenvalue weighted by atomic mass is 10.5. The molecule has 0 aliphatic heterocycles. The maximum Gasteiger partial charge on any atom is 0.239 e. The minimum absolute atomic E-state index is 0.868. The summed E-state index contributed by atoms with van der Waals surface area (Å²) in [5.74, 6) is 0.868. The minimum Gasteiger partial charge on any atom is -0.347 e. The number of hydrogen-bond donors (Lipinski definition) is 0. The highest BCUT2D eigenvalue weighted by Crippen LogP contribution is 2.21. The van der Waals surface area contributed by atoms with Crippen molar-refractivity contribution < 1.29 is 0 Å². The molecule has 1 rings (SSSR count). The zero-order valence-corrected chi connectivity index (χ0v) is 10.8. The summed E-state index contributed by atoms with van der Waals surface area (Å²) < 4.78 is 4.39. The standard InChI is InChI=1S/C10H20N4S/c1-5-13(6-2)9-11-10(15-12-9)14(7-3)8-4/h5-8H2,1-4H3. The van der Waals surface area contributed by atoms with Crippen LogP contribution < -0.4 is 9.80 Å². The van der Waals surface area contributed by atoms with E-state index in [0.717, 1.165) is 37.3 Å². The summed E-state index contributed by atoms with van der Waals surface area (Å²) in [6, 6.07) is 0. The Labute approximate surface area is 96.1 Å². The molecule has 0 amide bonds. The Morgan fingerprint density at radius 2 is 1.47 bits per heavy atom. The molecule has 0 fully saturated rings. The normalized spacial score (nSPS) is 10.4. The van der Waals surface area contributed by atoms with Gasteiger partial charge in [-0.25, -0.2) is 0 Å². The molecule has 0 radical (unpaired) electrons. The molecule has 0 saturated heterocycles. The summed E-state index contributed by atoms with van der Waals surface area (Å²) in [4.78, 5) is 8.95. The number of rotatable bonds is 6. The quantitative estimate of drug-likeness (QED) is 0.747. The van der Waals surface area contributed by atoms with E-state index in [1.807, 2.05) is 0 Å². The lowest BCUT2D eigenvalue weighted by Gasteiger charge is -2.17. The topological polar surface area (TPSA) is 32.3 Å². The summed E-state index contributed by atoms with van der Waals surface area (Å²) in [5, 5.41) is 1.03. The third-order valence-electron chi connectivity index (χ3n) is 2.48. The second kappa shape index (κ2) is 5.90. The van der Waals surface area contributed by atoms with E-state index in [1.54, 1.807) is 0 Å². The van der Waals surface area contributed by atoms with Crippen LogP contribution in [0.4, 0.5) is 11.1 Å². The van der Waals surface area contributed by atoms with Gasteiger partial charge in [-0.2, -0.15) is 9.36 Å². The van der Waals surface area contributed by atoms with Crippen LogP contribution in [-0.2, 0) is 0 Å². The first-order valence-corrected chi connectivity index (χ1v) is 6.37. The van der Waals surface area contributed by atoms with Crippen molar-refractivity contribution in [3.63, 3.8) is 0 Å². The van der Waals surface area contributed by atoms with Crippen LogP contribution in [0.15, 0.2) is 0 Å². The second-order valence-electron chi connectivity index (χ2n) is 3.22. The van der Waals surface area contributed by atoms with Crippen molar-refractivity contribution in [1.82, 2.24) is 9.36 Å². The second-order valence-corrected chi connectivity index (χ2v) is 3.95. The van der Waals surface area contributed by atoms with E-state index >= 15 is 0 Å². The van der Waals surface area contributed by atoms with Crippen LogP contribution in [0.25, 0.3) is 0 Å². The molecule has 1 aromatic rings. The zero-order chi connectivity index (χ0) is 11.3. The Morgan fingerprint density at radius 1 is 0.933 bits per heavy atom. The molecule has 86 valence electrons. The summed E-state index contributed by atoms with van der Waals surface area (Å²) >= 11 is 1.49. The Morgan fingerprint density at radius 3 is 1.93 bits per heavy atom. The van der Waals surface area contributed by atoms with Gasteiger partial charge < -0.3 is 9.80 Å². The molecule has 15 heavy (non-hydrogen) atoms. The maximum absolute atomic E-state index is 4.55. The van der Waals surface area contributed by atoms with Crippen LogP contribution in [0.2, 0.25) is 0 Å². The number of nitrogens with zero attached hydrogens (tertiary/aromatic N) is 4. The smallest absolute Gasteiger partial charge is 0.239 e. The first kappa shape index (κ1) is 12.2. The first-order valence-electron chi connectivity index (χ1n) is 5.60. The molecule has 5 heteroatoms. The fourth-order valence-electron chi connectivity index (χ4n) is 1.47. The summed E-state index contributed by atoms with van der Waals surface area (Å²) in [6.45, 7) is 12.4. The van der Waals surface area contributed by atoms with Gasteiger partial charge in [-0.05, 0) is 27.7 Å². The predicted molar refractivity (Wildman–Crippen MR) is 67.0 cm³/mol. The van der Waals surface area contributed by atoms with Crippen molar-refractivity contribution in [3.05, 3.63) is 0 Å². The molecule has 0 bridgehead atoms. The van der Waals surface area contributed by atoms with Gasteiger partial charge in [0.15, 0.2) is 0 Å².